The summed E-state index contributed by atoms with van der Waals surface area (Å²) in [6.45, 7) is 7.55. The van der Waals surface area contributed by atoms with Gasteiger partial charge in [-0.1, -0.05) is 29.5 Å². The molecule has 0 saturated heterocycles. The summed E-state index contributed by atoms with van der Waals surface area (Å²) in [6.07, 6.45) is 3.51. The molecule has 8 nitrogen and oxygen atoms in total. The summed E-state index contributed by atoms with van der Waals surface area (Å²) in [5.41, 5.74) is 7.33. The Labute approximate surface area is 209 Å². The highest BCUT2D eigenvalue weighted by molar-refractivity contribution is 7.19. The predicted octanol–water partition coefficient (Wildman–Crippen LogP) is 5.38. The third-order valence-electron chi connectivity index (χ3n) is 6.28. The zero-order valence-corrected chi connectivity index (χ0v) is 21.2. The monoisotopic (exact) mass is 487 g/mol. The van der Waals surface area contributed by atoms with Gasteiger partial charge in [0.1, 0.15) is 5.82 Å². The van der Waals surface area contributed by atoms with E-state index < -0.39 is 0 Å². The topological polar surface area (TPSA) is 88.0 Å². The summed E-state index contributed by atoms with van der Waals surface area (Å²) in [6, 6.07) is 12.2. The van der Waals surface area contributed by atoms with Crippen molar-refractivity contribution in [1.82, 2.24) is 24.6 Å². The molecule has 0 spiro atoms. The van der Waals surface area contributed by atoms with Gasteiger partial charge in [0.15, 0.2) is 5.13 Å². The van der Waals surface area contributed by atoms with E-state index in [4.69, 9.17) is 10.1 Å². The van der Waals surface area contributed by atoms with E-state index in [1.807, 2.05) is 36.0 Å². The highest BCUT2D eigenvalue weighted by Gasteiger charge is 2.30. The molecule has 0 bridgehead atoms. The van der Waals surface area contributed by atoms with Gasteiger partial charge in [0.2, 0.25) is 0 Å². The van der Waals surface area contributed by atoms with Crippen LogP contribution in [0.5, 0.6) is 0 Å². The number of carbonyl (C=O) groups excluding carboxylic acids is 1. The minimum atomic E-state index is -0.154. The molecule has 3 heterocycles. The molecular formula is C26H29N7OS. The zero-order valence-electron chi connectivity index (χ0n) is 20.4. The molecule has 9 heteroatoms. The Morgan fingerprint density at radius 1 is 1.17 bits per heavy atom. The Bertz CT molecular complexity index is 1370. The number of benzene rings is 1. The molecule has 1 aliphatic rings. The number of rotatable bonds is 6. The van der Waals surface area contributed by atoms with Gasteiger partial charge < -0.3 is 10.2 Å². The van der Waals surface area contributed by atoms with Gasteiger partial charge >= 0.3 is 6.03 Å². The van der Waals surface area contributed by atoms with Gasteiger partial charge in [-0.05, 0) is 57.4 Å². The molecule has 0 fully saturated rings. The third kappa shape index (κ3) is 4.27. The number of amides is 2. The summed E-state index contributed by atoms with van der Waals surface area (Å²) in [5, 5.41) is 11.9. The van der Waals surface area contributed by atoms with Crippen LogP contribution in [0.3, 0.4) is 0 Å². The molecule has 35 heavy (non-hydrogen) atoms. The Morgan fingerprint density at radius 3 is 2.71 bits per heavy atom. The van der Waals surface area contributed by atoms with Crippen molar-refractivity contribution >= 4 is 28.3 Å². The van der Waals surface area contributed by atoms with Crippen molar-refractivity contribution in [3.05, 3.63) is 59.4 Å². The van der Waals surface area contributed by atoms with Crippen LogP contribution in [0.2, 0.25) is 0 Å². The van der Waals surface area contributed by atoms with Gasteiger partial charge in [-0.25, -0.2) is 19.4 Å². The number of pyridine rings is 1. The number of carbonyl (C=O) groups is 1. The van der Waals surface area contributed by atoms with Crippen molar-refractivity contribution in [2.24, 2.45) is 0 Å². The summed E-state index contributed by atoms with van der Waals surface area (Å²) >= 11 is 1.51. The van der Waals surface area contributed by atoms with Crippen LogP contribution in [0.15, 0.2) is 42.6 Å². The number of fused-ring (bicyclic) bond motifs is 3. The van der Waals surface area contributed by atoms with Gasteiger partial charge in [-0.3, -0.25) is 5.32 Å². The second kappa shape index (κ2) is 9.50. The molecule has 0 radical (unpaired) electrons. The van der Waals surface area contributed by atoms with Crippen molar-refractivity contribution in [2.45, 2.75) is 33.6 Å². The summed E-state index contributed by atoms with van der Waals surface area (Å²) < 4.78 is 2.04. The Balaban J connectivity index is 1.64. The molecule has 2 N–H and O–H groups in total. The Morgan fingerprint density at radius 2 is 2.00 bits per heavy atom. The number of anilines is 2. The number of hydrogen-bond acceptors (Lipinski definition) is 6. The predicted molar refractivity (Wildman–Crippen MR) is 142 cm³/mol. The minimum absolute atomic E-state index is 0.154. The maximum absolute atomic E-state index is 12.4. The molecule has 2 amide bonds. The molecular weight excluding hydrogens is 458 g/mol. The molecule has 1 aliphatic carbocycles. The quantitative estimate of drug-likeness (QED) is 0.381. The van der Waals surface area contributed by atoms with E-state index in [0.717, 1.165) is 64.0 Å². The first-order valence-electron chi connectivity index (χ1n) is 11.9. The first-order valence-corrected chi connectivity index (χ1v) is 12.7. The van der Waals surface area contributed by atoms with Gasteiger partial charge in [0.05, 0.1) is 27.6 Å². The number of aromatic nitrogens is 4. The van der Waals surface area contributed by atoms with Gasteiger partial charge in [0.25, 0.3) is 0 Å². The van der Waals surface area contributed by atoms with E-state index in [0.29, 0.717) is 11.7 Å². The average Bonchev–Trinajstić information content (AvgIpc) is 3.45. The zero-order chi connectivity index (χ0) is 24.5. The second-order valence-corrected chi connectivity index (χ2v) is 9.57. The van der Waals surface area contributed by atoms with Crippen molar-refractivity contribution in [3.8, 4) is 27.5 Å². The number of para-hydroxylation sites is 1. The van der Waals surface area contributed by atoms with Crippen molar-refractivity contribution < 1.29 is 4.79 Å². The fourth-order valence-electron chi connectivity index (χ4n) is 4.28. The molecule has 180 valence electrons. The third-order valence-corrected chi connectivity index (χ3v) is 7.30. The van der Waals surface area contributed by atoms with Crippen LogP contribution in [0.4, 0.5) is 15.7 Å². The number of hydrogen-bond donors (Lipinski definition) is 2. The molecule has 5 rings (SSSR count). The normalized spacial score (nSPS) is 12.1. The number of aryl methyl sites for hydroxylation is 2. The minimum Gasteiger partial charge on any atom is -0.370 e. The van der Waals surface area contributed by atoms with Crippen molar-refractivity contribution in [3.63, 3.8) is 0 Å². The molecule has 3 aromatic heterocycles. The maximum Gasteiger partial charge on any atom is 0.323 e. The van der Waals surface area contributed by atoms with E-state index in [1.54, 1.807) is 11.9 Å². The molecule has 1 aromatic carbocycles. The first kappa shape index (κ1) is 23.0. The average molecular weight is 488 g/mol. The molecule has 4 aromatic rings. The summed E-state index contributed by atoms with van der Waals surface area (Å²) in [5.74, 6) is 0.852. The molecule has 0 atom stereocenters. The number of nitrogens with one attached hydrogen (secondary N) is 2. The fourth-order valence-corrected chi connectivity index (χ4v) is 5.34. The Kier molecular flexibility index (Phi) is 6.25. The number of thiazole rings is 1. The van der Waals surface area contributed by atoms with Gasteiger partial charge in [-0.15, -0.1) is 0 Å². The van der Waals surface area contributed by atoms with E-state index in [9.17, 15) is 4.79 Å². The van der Waals surface area contributed by atoms with Crippen LogP contribution in [0.25, 0.3) is 27.5 Å². The SMILES string of the molecule is CCNc1ccc(-c2nn(-c3ccccc3C)c3c2CCc2nc(NC(=O)N(C)CC)sc2-3)cn1. The lowest BCUT2D eigenvalue weighted by Crippen LogP contribution is -2.30. The first-order chi connectivity index (χ1) is 17.0. The number of nitrogens with zero attached hydrogens (tertiary/aromatic N) is 5. The van der Waals surface area contributed by atoms with Crippen molar-refractivity contribution in [1.29, 1.82) is 0 Å². The molecule has 0 unspecified atom stereocenters. The standard InChI is InChI=1S/C26H29N7OS/c1-5-27-21-14-11-17(15-28-21)22-18-12-13-19-24(35-25(29-19)30-26(34)32(4)6-2)23(18)33(31-22)20-10-8-7-9-16(20)3/h7-11,14-15H,5-6,12-13H2,1-4H3,(H,27,28)(H,29,30,34). The highest BCUT2D eigenvalue weighted by atomic mass is 32.1. The fraction of sp³-hybridized carbons (Fsp3) is 0.308. The Hall–Kier alpha value is -3.72. The lowest BCUT2D eigenvalue weighted by atomic mass is 9.95. The van der Waals surface area contributed by atoms with Crippen LogP contribution >= 0.6 is 11.3 Å². The summed E-state index contributed by atoms with van der Waals surface area (Å²) in [4.78, 5) is 24.5. The van der Waals surface area contributed by atoms with Crippen LogP contribution in [-0.4, -0.2) is 50.8 Å². The van der Waals surface area contributed by atoms with Crippen LogP contribution in [0, 0.1) is 6.92 Å². The smallest absolute Gasteiger partial charge is 0.323 e. The van der Waals surface area contributed by atoms with Crippen LogP contribution in [-0.2, 0) is 12.8 Å². The van der Waals surface area contributed by atoms with Gasteiger partial charge in [0, 0.05) is 37.5 Å². The molecule has 0 aliphatic heterocycles. The van der Waals surface area contributed by atoms with E-state index in [1.165, 1.54) is 16.9 Å². The van der Waals surface area contributed by atoms with Crippen LogP contribution < -0.4 is 10.6 Å². The van der Waals surface area contributed by atoms with Crippen molar-refractivity contribution in [2.75, 3.05) is 30.8 Å². The van der Waals surface area contributed by atoms with Crippen LogP contribution in [0.1, 0.15) is 30.7 Å². The molecule has 0 saturated carbocycles. The van der Waals surface area contributed by atoms with E-state index in [2.05, 4.69) is 47.7 Å². The summed E-state index contributed by atoms with van der Waals surface area (Å²) in [7, 11) is 1.77. The lowest BCUT2D eigenvalue weighted by molar-refractivity contribution is 0.224. The maximum atomic E-state index is 12.4. The van der Waals surface area contributed by atoms with Gasteiger partial charge in [-0.2, -0.15) is 5.10 Å². The highest BCUT2D eigenvalue weighted by Crippen LogP contribution is 2.44. The second-order valence-electron chi connectivity index (χ2n) is 8.58. The van der Waals surface area contributed by atoms with E-state index >= 15 is 0 Å². The largest absolute Gasteiger partial charge is 0.370 e. The number of urea groups is 1. The lowest BCUT2D eigenvalue weighted by Gasteiger charge is -2.15. The van der Waals surface area contributed by atoms with E-state index in [-0.39, 0.29) is 6.03 Å².